The third-order valence-corrected chi connectivity index (χ3v) is 2.10. The SMILES string of the molecule is CCCCCOc1ccc(NC=O)cc1. The van der Waals surface area contributed by atoms with Crippen LogP contribution in [0.5, 0.6) is 5.75 Å². The van der Waals surface area contributed by atoms with E-state index in [1.54, 1.807) is 0 Å². The van der Waals surface area contributed by atoms with Gasteiger partial charge in [-0.1, -0.05) is 19.8 Å². The third kappa shape index (κ3) is 4.49. The highest BCUT2D eigenvalue weighted by Crippen LogP contribution is 2.15. The van der Waals surface area contributed by atoms with E-state index in [0.29, 0.717) is 6.41 Å². The van der Waals surface area contributed by atoms with Gasteiger partial charge in [0.2, 0.25) is 6.41 Å². The van der Waals surface area contributed by atoms with Gasteiger partial charge in [0.15, 0.2) is 0 Å². The van der Waals surface area contributed by atoms with E-state index in [0.717, 1.165) is 24.5 Å². The Kier molecular flexibility index (Phi) is 5.30. The summed E-state index contributed by atoms with van der Waals surface area (Å²) < 4.78 is 5.53. The molecule has 0 spiro atoms. The first-order valence-electron chi connectivity index (χ1n) is 5.30. The summed E-state index contributed by atoms with van der Waals surface area (Å²) in [5.41, 5.74) is 0.783. The summed E-state index contributed by atoms with van der Waals surface area (Å²) >= 11 is 0. The second-order valence-electron chi connectivity index (χ2n) is 3.34. The summed E-state index contributed by atoms with van der Waals surface area (Å²) in [4.78, 5) is 10.2. The lowest BCUT2D eigenvalue weighted by Gasteiger charge is -2.06. The number of carbonyl (C=O) groups is 1. The van der Waals surface area contributed by atoms with Crippen molar-refractivity contribution in [3.63, 3.8) is 0 Å². The van der Waals surface area contributed by atoms with Crippen LogP contribution in [0.25, 0.3) is 0 Å². The zero-order valence-corrected chi connectivity index (χ0v) is 9.03. The fraction of sp³-hybridized carbons (Fsp3) is 0.417. The van der Waals surface area contributed by atoms with Crippen molar-refractivity contribution in [1.82, 2.24) is 0 Å². The molecular weight excluding hydrogens is 190 g/mol. The largest absolute Gasteiger partial charge is 0.494 e. The number of carbonyl (C=O) groups excluding carboxylic acids is 1. The standard InChI is InChI=1S/C12H17NO2/c1-2-3-4-9-15-12-7-5-11(6-8-12)13-10-14/h5-8,10H,2-4,9H2,1H3,(H,13,14). The minimum atomic E-state index is 0.664. The molecule has 3 nitrogen and oxygen atoms in total. The summed E-state index contributed by atoms with van der Waals surface area (Å²) in [5.74, 6) is 0.850. The summed E-state index contributed by atoms with van der Waals surface area (Å²) in [7, 11) is 0. The highest BCUT2D eigenvalue weighted by Gasteiger charge is 1.94. The van der Waals surface area contributed by atoms with E-state index in [2.05, 4.69) is 12.2 Å². The van der Waals surface area contributed by atoms with Gasteiger partial charge in [-0.3, -0.25) is 4.79 Å². The van der Waals surface area contributed by atoms with Crippen molar-refractivity contribution in [3.05, 3.63) is 24.3 Å². The molecule has 0 aliphatic rings. The van der Waals surface area contributed by atoms with Gasteiger partial charge in [0.25, 0.3) is 0 Å². The van der Waals surface area contributed by atoms with E-state index in [9.17, 15) is 4.79 Å². The zero-order chi connectivity index (χ0) is 10.9. The van der Waals surface area contributed by atoms with Crippen LogP contribution in [0.4, 0.5) is 5.69 Å². The van der Waals surface area contributed by atoms with Crippen molar-refractivity contribution < 1.29 is 9.53 Å². The van der Waals surface area contributed by atoms with Gasteiger partial charge in [0, 0.05) is 5.69 Å². The number of hydrogen-bond acceptors (Lipinski definition) is 2. The molecule has 0 saturated heterocycles. The topological polar surface area (TPSA) is 38.3 Å². The van der Waals surface area contributed by atoms with E-state index in [4.69, 9.17) is 4.74 Å². The maximum absolute atomic E-state index is 10.2. The quantitative estimate of drug-likeness (QED) is 0.551. The van der Waals surface area contributed by atoms with Crippen LogP contribution in [-0.4, -0.2) is 13.0 Å². The highest BCUT2D eigenvalue weighted by atomic mass is 16.5. The van der Waals surface area contributed by atoms with E-state index < -0.39 is 0 Å². The Morgan fingerprint density at radius 1 is 1.27 bits per heavy atom. The van der Waals surface area contributed by atoms with Crippen molar-refractivity contribution in [2.75, 3.05) is 11.9 Å². The lowest BCUT2D eigenvalue weighted by atomic mass is 10.2. The first kappa shape index (κ1) is 11.6. The number of hydrogen-bond donors (Lipinski definition) is 1. The minimum Gasteiger partial charge on any atom is -0.494 e. The van der Waals surface area contributed by atoms with Crippen molar-refractivity contribution in [3.8, 4) is 5.75 Å². The lowest BCUT2D eigenvalue weighted by molar-refractivity contribution is -0.105. The molecule has 3 heteroatoms. The van der Waals surface area contributed by atoms with Gasteiger partial charge < -0.3 is 10.1 Å². The Bertz CT molecular complexity index is 282. The molecule has 15 heavy (non-hydrogen) atoms. The fourth-order valence-electron chi connectivity index (χ4n) is 1.26. The van der Waals surface area contributed by atoms with Crippen LogP contribution in [0.2, 0.25) is 0 Å². The van der Waals surface area contributed by atoms with E-state index in [-0.39, 0.29) is 0 Å². The zero-order valence-electron chi connectivity index (χ0n) is 9.03. The second-order valence-corrected chi connectivity index (χ2v) is 3.34. The van der Waals surface area contributed by atoms with Gasteiger partial charge >= 0.3 is 0 Å². The molecule has 82 valence electrons. The molecule has 0 saturated carbocycles. The van der Waals surface area contributed by atoms with E-state index in [1.807, 2.05) is 24.3 Å². The van der Waals surface area contributed by atoms with E-state index >= 15 is 0 Å². The predicted molar refractivity (Wildman–Crippen MR) is 61.1 cm³/mol. The van der Waals surface area contributed by atoms with Gasteiger partial charge in [-0.05, 0) is 30.7 Å². The summed E-state index contributed by atoms with van der Waals surface area (Å²) in [6.45, 7) is 2.92. The van der Waals surface area contributed by atoms with Crippen LogP contribution < -0.4 is 10.1 Å². The number of ether oxygens (including phenoxy) is 1. The van der Waals surface area contributed by atoms with Gasteiger partial charge in [-0.2, -0.15) is 0 Å². The van der Waals surface area contributed by atoms with Gasteiger partial charge in [-0.15, -0.1) is 0 Å². The molecule has 1 aromatic rings. The van der Waals surface area contributed by atoms with Crippen LogP contribution in [0.3, 0.4) is 0 Å². The third-order valence-electron chi connectivity index (χ3n) is 2.10. The van der Waals surface area contributed by atoms with Crippen molar-refractivity contribution in [1.29, 1.82) is 0 Å². The number of nitrogens with one attached hydrogen (secondary N) is 1. The molecular formula is C12H17NO2. The van der Waals surface area contributed by atoms with Gasteiger partial charge in [0.05, 0.1) is 6.61 Å². The maximum Gasteiger partial charge on any atom is 0.211 e. The summed E-state index contributed by atoms with van der Waals surface area (Å²) in [5, 5.41) is 2.58. The molecule has 1 rings (SSSR count). The number of anilines is 1. The average molecular weight is 207 g/mol. The Morgan fingerprint density at radius 3 is 2.60 bits per heavy atom. The maximum atomic E-state index is 10.2. The molecule has 1 aromatic carbocycles. The predicted octanol–water partition coefficient (Wildman–Crippen LogP) is 2.82. The van der Waals surface area contributed by atoms with Crippen LogP contribution in [-0.2, 0) is 4.79 Å². The lowest BCUT2D eigenvalue weighted by Crippen LogP contribution is -1.97. The van der Waals surface area contributed by atoms with E-state index in [1.165, 1.54) is 12.8 Å². The fourth-order valence-corrected chi connectivity index (χ4v) is 1.26. The molecule has 1 amide bonds. The molecule has 0 aliphatic carbocycles. The molecule has 1 N–H and O–H groups in total. The molecule has 0 unspecified atom stereocenters. The Balaban J connectivity index is 2.32. The molecule has 0 fully saturated rings. The monoisotopic (exact) mass is 207 g/mol. The van der Waals surface area contributed by atoms with Crippen LogP contribution in [0, 0.1) is 0 Å². The van der Waals surface area contributed by atoms with Crippen molar-refractivity contribution >= 4 is 12.1 Å². The first-order valence-corrected chi connectivity index (χ1v) is 5.30. The van der Waals surface area contributed by atoms with Crippen LogP contribution >= 0.6 is 0 Å². The smallest absolute Gasteiger partial charge is 0.211 e. The first-order chi connectivity index (χ1) is 7.36. The van der Waals surface area contributed by atoms with Crippen LogP contribution in [0.15, 0.2) is 24.3 Å². The number of rotatable bonds is 7. The second kappa shape index (κ2) is 6.87. The highest BCUT2D eigenvalue weighted by molar-refractivity contribution is 5.71. The molecule has 0 heterocycles. The molecule has 0 aromatic heterocycles. The average Bonchev–Trinajstić information content (AvgIpc) is 2.27. The van der Waals surface area contributed by atoms with Crippen molar-refractivity contribution in [2.24, 2.45) is 0 Å². The Hall–Kier alpha value is -1.51. The molecule has 0 atom stereocenters. The molecule has 0 radical (unpaired) electrons. The number of unbranched alkanes of at least 4 members (excludes halogenated alkanes) is 2. The summed E-state index contributed by atoms with van der Waals surface area (Å²) in [6, 6.07) is 7.36. The van der Waals surface area contributed by atoms with Gasteiger partial charge in [-0.25, -0.2) is 0 Å². The Labute approximate surface area is 90.4 Å². The van der Waals surface area contributed by atoms with Crippen molar-refractivity contribution in [2.45, 2.75) is 26.2 Å². The number of benzene rings is 1. The summed E-state index contributed by atoms with van der Waals surface area (Å²) in [6.07, 6.45) is 4.15. The normalized spacial score (nSPS) is 9.67. The number of amides is 1. The van der Waals surface area contributed by atoms with Gasteiger partial charge in [0.1, 0.15) is 5.75 Å². The molecule has 0 aliphatic heterocycles. The molecule has 0 bridgehead atoms. The Morgan fingerprint density at radius 2 is 2.00 bits per heavy atom. The van der Waals surface area contributed by atoms with Crippen LogP contribution in [0.1, 0.15) is 26.2 Å². The minimum absolute atomic E-state index is 0.664.